The van der Waals surface area contributed by atoms with Crippen LogP contribution >= 0.6 is 0 Å². The Morgan fingerprint density at radius 2 is 2.11 bits per heavy atom. The van der Waals surface area contributed by atoms with Crippen molar-refractivity contribution >= 4 is 17.5 Å². The maximum absolute atomic E-state index is 11.8. The van der Waals surface area contributed by atoms with Crippen molar-refractivity contribution in [2.75, 3.05) is 11.9 Å². The van der Waals surface area contributed by atoms with E-state index in [2.05, 4.69) is 25.6 Å². The summed E-state index contributed by atoms with van der Waals surface area (Å²) < 4.78 is 0. The number of aromatic nitrogens is 3. The summed E-state index contributed by atoms with van der Waals surface area (Å²) >= 11 is 0. The van der Waals surface area contributed by atoms with E-state index in [1.165, 1.54) is 6.33 Å². The van der Waals surface area contributed by atoms with Crippen LogP contribution in [0.2, 0.25) is 0 Å². The molecule has 98 valence electrons. The van der Waals surface area contributed by atoms with Gasteiger partial charge in [-0.2, -0.15) is 0 Å². The van der Waals surface area contributed by atoms with Crippen molar-refractivity contribution in [2.45, 2.75) is 13.3 Å². The van der Waals surface area contributed by atoms with Gasteiger partial charge in [0.1, 0.15) is 18.0 Å². The van der Waals surface area contributed by atoms with Crippen molar-refractivity contribution in [3.8, 4) is 0 Å². The van der Waals surface area contributed by atoms with Crippen molar-refractivity contribution in [1.82, 2.24) is 20.3 Å². The lowest BCUT2D eigenvalue weighted by molar-refractivity contribution is 0.0953. The van der Waals surface area contributed by atoms with Crippen LogP contribution < -0.4 is 10.6 Å². The van der Waals surface area contributed by atoms with E-state index in [0.29, 0.717) is 23.7 Å². The largest absolute Gasteiger partial charge is 0.352 e. The van der Waals surface area contributed by atoms with Gasteiger partial charge >= 0.3 is 0 Å². The van der Waals surface area contributed by atoms with E-state index < -0.39 is 0 Å². The Morgan fingerprint density at radius 3 is 2.84 bits per heavy atom. The van der Waals surface area contributed by atoms with E-state index in [1.54, 1.807) is 30.6 Å². The highest BCUT2D eigenvalue weighted by atomic mass is 16.1. The molecule has 0 unspecified atom stereocenters. The molecular weight excluding hydrogens is 242 g/mol. The molecule has 0 atom stereocenters. The molecule has 2 N–H and O–H groups in total. The lowest BCUT2D eigenvalue weighted by Crippen LogP contribution is -2.24. The smallest absolute Gasteiger partial charge is 0.251 e. The summed E-state index contributed by atoms with van der Waals surface area (Å²) in [5.41, 5.74) is 0.569. The number of carbonyl (C=O) groups excluding carboxylic acids is 1. The quantitative estimate of drug-likeness (QED) is 0.853. The summed E-state index contributed by atoms with van der Waals surface area (Å²) in [5.74, 6) is 1.10. The topological polar surface area (TPSA) is 79.8 Å². The molecule has 0 fully saturated rings. The zero-order chi connectivity index (χ0) is 13.5. The van der Waals surface area contributed by atoms with Crippen molar-refractivity contribution in [1.29, 1.82) is 0 Å². The number of amides is 1. The maximum atomic E-state index is 11.8. The molecule has 2 aromatic heterocycles. The van der Waals surface area contributed by atoms with Gasteiger partial charge in [0.25, 0.3) is 5.91 Å². The number of hydrogen-bond donors (Lipinski definition) is 2. The molecule has 0 aliphatic carbocycles. The predicted octanol–water partition coefficient (Wildman–Crippen LogP) is 1.75. The van der Waals surface area contributed by atoms with E-state index in [1.807, 2.05) is 6.92 Å². The molecule has 0 radical (unpaired) electrons. The lowest BCUT2D eigenvalue weighted by Gasteiger charge is -2.07. The summed E-state index contributed by atoms with van der Waals surface area (Å²) in [4.78, 5) is 23.8. The minimum atomic E-state index is -0.102. The number of nitrogens with zero attached hydrogens (tertiary/aromatic N) is 3. The Balaban J connectivity index is 2.09. The van der Waals surface area contributed by atoms with Crippen molar-refractivity contribution in [3.05, 3.63) is 42.5 Å². The van der Waals surface area contributed by atoms with Gasteiger partial charge in [0.15, 0.2) is 0 Å². The normalized spacial score (nSPS) is 9.95. The summed E-state index contributed by atoms with van der Waals surface area (Å²) in [6.45, 7) is 2.67. The molecule has 2 aromatic rings. The van der Waals surface area contributed by atoms with Crippen molar-refractivity contribution in [3.63, 3.8) is 0 Å². The molecule has 0 saturated heterocycles. The average Bonchev–Trinajstić information content (AvgIpc) is 2.46. The number of hydrogen-bond acceptors (Lipinski definition) is 5. The first-order chi connectivity index (χ1) is 9.29. The maximum Gasteiger partial charge on any atom is 0.251 e. The summed E-state index contributed by atoms with van der Waals surface area (Å²) in [7, 11) is 0. The number of anilines is 2. The summed E-state index contributed by atoms with van der Waals surface area (Å²) in [5, 5.41) is 5.83. The van der Waals surface area contributed by atoms with E-state index in [0.717, 1.165) is 6.42 Å². The third-order valence-electron chi connectivity index (χ3n) is 2.40. The van der Waals surface area contributed by atoms with Gasteiger partial charge in [-0.1, -0.05) is 6.92 Å². The van der Waals surface area contributed by atoms with Gasteiger partial charge in [-0.15, -0.1) is 0 Å². The highest BCUT2D eigenvalue weighted by Gasteiger charge is 2.06. The van der Waals surface area contributed by atoms with Crippen LogP contribution in [0.4, 0.5) is 11.6 Å². The zero-order valence-electron chi connectivity index (χ0n) is 10.6. The minimum absolute atomic E-state index is 0.102. The Kier molecular flexibility index (Phi) is 4.39. The second-order valence-electron chi connectivity index (χ2n) is 3.91. The molecule has 0 bridgehead atoms. The highest BCUT2D eigenvalue weighted by Crippen LogP contribution is 2.12. The number of carbonyl (C=O) groups is 1. The average molecular weight is 257 g/mol. The van der Waals surface area contributed by atoms with Gasteiger partial charge in [-0.05, 0) is 24.6 Å². The number of pyridine rings is 1. The zero-order valence-corrected chi connectivity index (χ0v) is 10.6. The van der Waals surface area contributed by atoms with E-state index >= 15 is 0 Å². The van der Waals surface area contributed by atoms with Crippen LogP contribution in [-0.2, 0) is 0 Å². The molecule has 2 heterocycles. The summed E-state index contributed by atoms with van der Waals surface area (Å²) in [6.07, 6.45) is 5.57. The van der Waals surface area contributed by atoms with Gasteiger partial charge in [-0.25, -0.2) is 15.0 Å². The van der Waals surface area contributed by atoms with Crippen LogP contribution in [0.5, 0.6) is 0 Å². The second-order valence-corrected chi connectivity index (χ2v) is 3.91. The molecule has 0 aliphatic rings. The first-order valence-corrected chi connectivity index (χ1v) is 6.07. The molecule has 0 spiro atoms. The highest BCUT2D eigenvalue weighted by molar-refractivity contribution is 5.94. The third kappa shape index (κ3) is 3.74. The van der Waals surface area contributed by atoms with Crippen LogP contribution in [-0.4, -0.2) is 27.4 Å². The molecule has 6 heteroatoms. The monoisotopic (exact) mass is 257 g/mol. The van der Waals surface area contributed by atoms with Crippen LogP contribution in [0.25, 0.3) is 0 Å². The fraction of sp³-hybridized carbons (Fsp3) is 0.231. The number of rotatable bonds is 5. The third-order valence-corrected chi connectivity index (χ3v) is 2.40. The summed E-state index contributed by atoms with van der Waals surface area (Å²) in [6, 6.07) is 5.09. The Bertz CT molecular complexity index is 544. The van der Waals surface area contributed by atoms with E-state index in [9.17, 15) is 4.79 Å². The van der Waals surface area contributed by atoms with Gasteiger partial charge < -0.3 is 10.6 Å². The SMILES string of the molecule is CCCNC(=O)c1ccnc(Nc2ccncn2)c1. The predicted molar refractivity (Wildman–Crippen MR) is 72.2 cm³/mol. The molecular formula is C13H15N5O. The van der Waals surface area contributed by atoms with Gasteiger partial charge in [0.05, 0.1) is 0 Å². The molecule has 0 aromatic carbocycles. The molecule has 19 heavy (non-hydrogen) atoms. The lowest BCUT2D eigenvalue weighted by atomic mass is 10.2. The first kappa shape index (κ1) is 12.9. The van der Waals surface area contributed by atoms with Gasteiger partial charge in [-0.3, -0.25) is 4.79 Å². The van der Waals surface area contributed by atoms with E-state index in [-0.39, 0.29) is 5.91 Å². The Labute approximate surface area is 111 Å². The second kappa shape index (κ2) is 6.44. The van der Waals surface area contributed by atoms with Crippen LogP contribution in [0.15, 0.2) is 36.9 Å². The van der Waals surface area contributed by atoms with Crippen molar-refractivity contribution in [2.24, 2.45) is 0 Å². The molecule has 2 rings (SSSR count). The Morgan fingerprint density at radius 1 is 1.21 bits per heavy atom. The van der Waals surface area contributed by atoms with Crippen LogP contribution in [0.1, 0.15) is 23.7 Å². The number of nitrogens with one attached hydrogen (secondary N) is 2. The van der Waals surface area contributed by atoms with Gasteiger partial charge in [0, 0.05) is 24.5 Å². The standard InChI is InChI=1S/C13H15N5O/c1-2-5-16-13(19)10-3-7-15-12(8-10)18-11-4-6-14-9-17-11/h3-4,6-9H,2,5H2,1H3,(H,16,19)(H,14,15,17,18). The van der Waals surface area contributed by atoms with Crippen LogP contribution in [0, 0.1) is 0 Å². The van der Waals surface area contributed by atoms with Gasteiger partial charge in [0.2, 0.25) is 0 Å². The van der Waals surface area contributed by atoms with E-state index in [4.69, 9.17) is 0 Å². The molecule has 1 amide bonds. The minimum Gasteiger partial charge on any atom is -0.352 e. The Hall–Kier alpha value is -2.50. The fourth-order valence-electron chi connectivity index (χ4n) is 1.48. The van der Waals surface area contributed by atoms with Crippen molar-refractivity contribution < 1.29 is 4.79 Å². The fourth-order valence-corrected chi connectivity index (χ4v) is 1.48. The molecule has 0 aliphatic heterocycles. The van der Waals surface area contributed by atoms with Crippen LogP contribution in [0.3, 0.4) is 0 Å². The molecule has 6 nitrogen and oxygen atoms in total. The molecule has 0 saturated carbocycles. The first-order valence-electron chi connectivity index (χ1n) is 6.07.